The van der Waals surface area contributed by atoms with Crippen LogP contribution in [-0.4, -0.2) is 18.4 Å². The summed E-state index contributed by atoms with van der Waals surface area (Å²) in [6.45, 7) is 0.778. The molecule has 184 valence electrons. The van der Waals surface area contributed by atoms with Gasteiger partial charge in [-0.3, -0.25) is 9.59 Å². The molecule has 3 aromatic rings. The lowest BCUT2D eigenvalue weighted by Gasteiger charge is -2.27. The lowest BCUT2D eigenvalue weighted by molar-refractivity contribution is -0.119. The van der Waals surface area contributed by atoms with Crippen LogP contribution < -0.4 is 21.3 Å². The number of piperidine rings is 1. The van der Waals surface area contributed by atoms with Crippen LogP contribution in [0.2, 0.25) is 0 Å². The van der Waals surface area contributed by atoms with Gasteiger partial charge in [0.05, 0.1) is 5.69 Å². The van der Waals surface area contributed by atoms with Crippen molar-refractivity contribution in [3.63, 3.8) is 0 Å². The lowest BCUT2D eigenvalue weighted by atomic mass is 10.0. The summed E-state index contributed by atoms with van der Waals surface area (Å²) >= 11 is 0. The zero-order chi connectivity index (χ0) is 24.1. The summed E-state index contributed by atoms with van der Waals surface area (Å²) in [6, 6.07) is 16.2. The molecule has 6 nitrogen and oxygen atoms in total. The number of amides is 2. The van der Waals surface area contributed by atoms with E-state index in [0.717, 1.165) is 18.4 Å². The number of carbonyl (C=O) groups excluding carboxylic acids is 2. The van der Waals surface area contributed by atoms with Gasteiger partial charge in [0.15, 0.2) is 0 Å². The van der Waals surface area contributed by atoms with Crippen LogP contribution in [0.1, 0.15) is 36.4 Å². The SMILES string of the molecule is Cl.NCc1cccc(NC(C(=O)Nc2ccc(N3CCCCC3=O)c(F)c2)c2ccccc2F)c1. The van der Waals surface area contributed by atoms with Crippen LogP contribution in [-0.2, 0) is 16.1 Å². The van der Waals surface area contributed by atoms with Gasteiger partial charge in [0.1, 0.15) is 17.7 Å². The van der Waals surface area contributed by atoms with Gasteiger partial charge >= 0.3 is 0 Å². The Hall–Kier alpha value is -3.49. The zero-order valence-electron chi connectivity index (χ0n) is 19.0. The predicted octanol–water partition coefficient (Wildman–Crippen LogP) is 5.15. The molecule has 2 amide bonds. The van der Waals surface area contributed by atoms with Gasteiger partial charge in [0.2, 0.25) is 5.91 Å². The second-order valence-corrected chi connectivity index (χ2v) is 8.16. The summed E-state index contributed by atoms with van der Waals surface area (Å²) in [5.41, 5.74) is 7.69. The number of nitrogens with one attached hydrogen (secondary N) is 2. The third-order valence-electron chi connectivity index (χ3n) is 5.78. The van der Waals surface area contributed by atoms with E-state index in [-0.39, 0.29) is 35.3 Å². The first-order valence-corrected chi connectivity index (χ1v) is 11.2. The summed E-state index contributed by atoms with van der Waals surface area (Å²) in [5, 5.41) is 5.72. The average molecular weight is 501 g/mol. The van der Waals surface area contributed by atoms with E-state index in [4.69, 9.17) is 5.73 Å². The molecule has 0 aliphatic carbocycles. The molecule has 1 saturated heterocycles. The Bertz CT molecular complexity index is 1210. The van der Waals surface area contributed by atoms with Gasteiger partial charge in [-0.1, -0.05) is 30.3 Å². The van der Waals surface area contributed by atoms with Crippen molar-refractivity contribution in [2.24, 2.45) is 5.73 Å². The average Bonchev–Trinajstić information content (AvgIpc) is 2.84. The number of carbonyl (C=O) groups is 2. The number of halogens is 3. The highest BCUT2D eigenvalue weighted by Gasteiger charge is 2.25. The number of nitrogens with zero attached hydrogens (tertiary/aromatic N) is 1. The number of nitrogens with two attached hydrogens (primary N) is 1. The largest absolute Gasteiger partial charge is 0.370 e. The first-order chi connectivity index (χ1) is 16.5. The quantitative estimate of drug-likeness (QED) is 0.418. The molecule has 1 aliphatic rings. The van der Waals surface area contributed by atoms with Crippen LogP contribution in [0.25, 0.3) is 0 Å². The molecule has 0 spiro atoms. The van der Waals surface area contributed by atoms with E-state index in [1.165, 1.54) is 35.2 Å². The molecule has 4 rings (SSSR count). The van der Waals surface area contributed by atoms with E-state index >= 15 is 0 Å². The van der Waals surface area contributed by atoms with Crippen molar-refractivity contribution >= 4 is 41.3 Å². The van der Waals surface area contributed by atoms with Gasteiger partial charge in [-0.25, -0.2) is 8.78 Å². The van der Waals surface area contributed by atoms with Crippen molar-refractivity contribution in [3.8, 4) is 0 Å². The van der Waals surface area contributed by atoms with E-state index in [1.807, 2.05) is 6.07 Å². The highest BCUT2D eigenvalue weighted by molar-refractivity contribution is 5.98. The molecule has 9 heteroatoms. The van der Waals surface area contributed by atoms with Crippen molar-refractivity contribution in [2.45, 2.75) is 31.8 Å². The molecule has 0 aromatic heterocycles. The van der Waals surface area contributed by atoms with Gasteiger partial charge in [-0.05, 0) is 54.8 Å². The van der Waals surface area contributed by atoms with Gasteiger partial charge in [0.25, 0.3) is 5.91 Å². The number of hydrogen-bond donors (Lipinski definition) is 3. The fourth-order valence-electron chi connectivity index (χ4n) is 4.03. The molecule has 1 fully saturated rings. The highest BCUT2D eigenvalue weighted by Crippen LogP contribution is 2.28. The van der Waals surface area contributed by atoms with Gasteiger partial charge in [-0.2, -0.15) is 0 Å². The van der Waals surface area contributed by atoms with E-state index in [1.54, 1.807) is 30.3 Å². The fraction of sp³-hybridized carbons (Fsp3) is 0.231. The molecular formula is C26H27ClF2N4O2. The molecule has 1 aliphatic heterocycles. The Labute approximate surface area is 208 Å². The van der Waals surface area contributed by atoms with Gasteiger partial charge < -0.3 is 21.3 Å². The van der Waals surface area contributed by atoms with Crippen molar-refractivity contribution < 1.29 is 18.4 Å². The Kier molecular flexibility index (Phi) is 8.78. The molecule has 4 N–H and O–H groups in total. The smallest absolute Gasteiger partial charge is 0.251 e. The Morgan fingerprint density at radius 2 is 1.77 bits per heavy atom. The van der Waals surface area contributed by atoms with E-state index in [2.05, 4.69) is 10.6 Å². The van der Waals surface area contributed by atoms with Crippen molar-refractivity contribution in [1.29, 1.82) is 0 Å². The number of benzene rings is 3. The number of rotatable bonds is 7. The van der Waals surface area contributed by atoms with Gasteiger partial charge in [0, 0.05) is 36.4 Å². The molecule has 1 unspecified atom stereocenters. The Morgan fingerprint density at radius 3 is 2.49 bits per heavy atom. The minimum Gasteiger partial charge on any atom is -0.370 e. The molecule has 0 radical (unpaired) electrons. The van der Waals surface area contributed by atoms with E-state index < -0.39 is 23.6 Å². The Balaban J connectivity index is 0.00000342. The maximum atomic E-state index is 14.8. The van der Waals surface area contributed by atoms with E-state index in [0.29, 0.717) is 25.2 Å². The first-order valence-electron chi connectivity index (χ1n) is 11.2. The molecule has 0 saturated carbocycles. The normalized spacial score (nSPS) is 14.1. The summed E-state index contributed by atoms with van der Waals surface area (Å²) in [4.78, 5) is 26.8. The van der Waals surface area contributed by atoms with Crippen molar-refractivity contribution in [1.82, 2.24) is 0 Å². The maximum Gasteiger partial charge on any atom is 0.251 e. The zero-order valence-corrected chi connectivity index (χ0v) is 19.8. The van der Waals surface area contributed by atoms with Crippen LogP contribution in [0.3, 0.4) is 0 Å². The van der Waals surface area contributed by atoms with Crippen LogP contribution in [0.4, 0.5) is 25.8 Å². The Morgan fingerprint density at radius 1 is 0.971 bits per heavy atom. The third kappa shape index (κ3) is 6.15. The molecule has 35 heavy (non-hydrogen) atoms. The predicted molar refractivity (Wildman–Crippen MR) is 136 cm³/mol. The maximum absolute atomic E-state index is 14.8. The van der Waals surface area contributed by atoms with Crippen LogP contribution in [0.5, 0.6) is 0 Å². The van der Waals surface area contributed by atoms with Crippen LogP contribution in [0.15, 0.2) is 66.7 Å². The summed E-state index contributed by atoms with van der Waals surface area (Å²) in [5.74, 6) is -1.84. The second kappa shape index (κ2) is 11.8. The van der Waals surface area contributed by atoms with Gasteiger partial charge in [-0.15, -0.1) is 12.4 Å². The number of anilines is 3. The number of hydrogen-bond acceptors (Lipinski definition) is 4. The molecule has 0 bridgehead atoms. The summed E-state index contributed by atoms with van der Waals surface area (Å²) < 4.78 is 29.5. The standard InChI is InChI=1S/C26H26F2N4O2.ClH/c27-21-9-2-1-8-20(21)25(30-18-7-5-6-17(14-18)16-29)26(34)31-19-11-12-23(22(28)15-19)32-13-4-3-10-24(32)33;/h1-2,5-9,11-12,14-15,25,30H,3-4,10,13,16,29H2,(H,31,34);1H. The highest BCUT2D eigenvalue weighted by atomic mass is 35.5. The molecule has 1 atom stereocenters. The fourth-order valence-corrected chi connectivity index (χ4v) is 4.03. The third-order valence-corrected chi connectivity index (χ3v) is 5.78. The van der Waals surface area contributed by atoms with Crippen molar-refractivity contribution in [3.05, 3.63) is 89.5 Å². The molecular weight excluding hydrogens is 474 g/mol. The molecule has 3 aromatic carbocycles. The first kappa shape index (κ1) is 26.1. The second-order valence-electron chi connectivity index (χ2n) is 8.16. The minimum atomic E-state index is -1.08. The van der Waals surface area contributed by atoms with Crippen LogP contribution in [0, 0.1) is 11.6 Å². The topological polar surface area (TPSA) is 87.5 Å². The van der Waals surface area contributed by atoms with Crippen LogP contribution >= 0.6 is 12.4 Å². The molecule has 1 heterocycles. The summed E-state index contributed by atoms with van der Waals surface area (Å²) in [6.07, 6.45) is 1.99. The summed E-state index contributed by atoms with van der Waals surface area (Å²) in [7, 11) is 0. The van der Waals surface area contributed by atoms with E-state index in [9.17, 15) is 18.4 Å². The monoisotopic (exact) mass is 500 g/mol. The van der Waals surface area contributed by atoms with Crippen molar-refractivity contribution in [2.75, 3.05) is 22.1 Å². The minimum absolute atomic E-state index is 0. The lowest BCUT2D eigenvalue weighted by Crippen LogP contribution is -2.35.